The van der Waals surface area contributed by atoms with E-state index in [0.29, 0.717) is 12.0 Å². The van der Waals surface area contributed by atoms with Gasteiger partial charge in [0.1, 0.15) is 0 Å². The molecule has 0 spiro atoms. The Morgan fingerprint density at radius 1 is 0.562 bits per heavy atom. The molecular formula is C30H30N2. The molecule has 0 radical (unpaired) electrons. The summed E-state index contributed by atoms with van der Waals surface area (Å²) in [4.78, 5) is 2.73. The van der Waals surface area contributed by atoms with Crippen molar-refractivity contribution >= 4 is 0 Å². The van der Waals surface area contributed by atoms with E-state index in [1.807, 2.05) is 0 Å². The van der Waals surface area contributed by atoms with Crippen LogP contribution in [0.4, 0.5) is 0 Å². The summed E-state index contributed by atoms with van der Waals surface area (Å²) < 4.78 is 0. The molecule has 1 aliphatic rings. The second kappa shape index (κ2) is 9.95. The van der Waals surface area contributed by atoms with Crippen LogP contribution in [0, 0.1) is 0 Å². The first kappa shape index (κ1) is 20.7. The smallest absolute Gasteiger partial charge is 0.0605 e. The van der Waals surface area contributed by atoms with Crippen LogP contribution in [0.2, 0.25) is 0 Å². The first-order chi connectivity index (χ1) is 15.9. The zero-order chi connectivity index (χ0) is 21.6. The summed E-state index contributed by atoms with van der Waals surface area (Å²) in [5, 5.41) is 3.70. The normalized spacial score (nSPS) is 17.0. The number of hydrogen-bond donors (Lipinski definition) is 1. The van der Waals surface area contributed by atoms with Gasteiger partial charge >= 0.3 is 0 Å². The summed E-state index contributed by atoms with van der Waals surface area (Å²) in [5.74, 6) is 0.292. The summed E-state index contributed by atoms with van der Waals surface area (Å²) in [7, 11) is 0. The molecule has 1 heterocycles. The Bertz CT molecular complexity index is 911. The van der Waals surface area contributed by atoms with Crippen LogP contribution in [0.25, 0.3) is 0 Å². The van der Waals surface area contributed by atoms with Gasteiger partial charge in [-0.3, -0.25) is 4.90 Å². The fourth-order valence-electron chi connectivity index (χ4n) is 5.17. The zero-order valence-corrected chi connectivity index (χ0v) is 18.3. The van der Waals surface area contributed by atoms with E-state index in [2.05, 4.69) is 132 Å². The molecule has 1 atom stereocenters. The summed E-state index contributed by atoms with van der Waals surface area (Å²) >= 11 is 0. The van der Waals surface area contributed by atoms with Gasteiger partial charge in [0.15, 0.2) is 0 Å². The van der Waals surface area contributed by atoms with Crippen LogP contribution in [0.5, 0.6) is 0 Å². The molecule has 2 heteroatoms. The number of nitrogens with zero attached hydrogens (tertiary/aromatic N) is 1. The number of rotatable bonds is 6. The average Bonchev–Trinajstić information content (AvgIpc) is 2.88. The SMILES string of the molecule is c1ccc(C(c2ccccc2)C2CNCCN2C(c2ccccc2)c2ccccc2)cc1. The average molecular weight is 419 g/mol. The van der Waals surface area contributed by atoms with Gasteiger partial charge in [0.2, 0.25) is 0 Å². The van der Waals surface area contributed by atoms with Crippen LogP contribution in [0.1, 0.15) is 34.2 Å². The number of nitrogens with one attached hydrogen (secondary N) is 1. The maximum absolute atomic E-state index is 3.70. The molecule has 4 aromatic carbocycles. The molecule has 0 aliphatic carbocycles. The van der Waals surface area contributed by atoms with Crippen molar-refractivity contribution in [3.63, 3.8) is 0 Å². The lowest BCUT2D eigenvalue weighted by atomic mass is 9.81. The van der Waals surface area contributed by atoms with Crippen molar-refractivity contribution in [1.82, 2.24) is 10.2 Å². The minimum absolute atomic E-state index is 0.222. The van der Waals surface area contributed by atoms with Crippen molar-refractivity contribution in [3.8, 4) is 0 Å². The van der Waals surface area contributed by atoms with Crippen LogP contribution in [0.15, 0.2) is 121 Å². The fraction of sp³-hybridized carbons (Fsp3) is 0.200. The highest BCUT2D eigenvalue weighted by Gasteiger charge is 2.36. The molecule has 0 saturated carbocycles. The molecule has 32 heavy (non-hydrogen) atoms. The lowest BCUT2D eigenvalue weighted by Gasteiger charge is -2.45. The van der Waals surface area contributed by atoms with Gasteiger partial charge < -0.3 is 5.32 Å². The Morgan fingerprint density at radius 2 is 0.969 bits per heavy atom. The molecule has 0 bridgehead atoms. The Morgan fingerprint density at radius 3 is 1.41 bits per heavy atom. The second-order valence-corrected chi connectivity index (χ2v) is 8.53. The second-order valence-electron chi connectivity index (χ2n) is 8.53. The van der Waals surface area contributed by atoms with E-state index in [4.69, 9.17) is 0 Å². The van der Waals surface area contributed by atoms with Gasteiger partial charge in [-0.25, -0.2) is 0 Å². The highest BCUT2D eigenvalue weighted by atomic mass is 15.2. The van der Waals surface area contributed by atoms with E-state index in [1.165, 1.54) is 22.3 Å². The lowest BCUT2D eigenvalue weighted by molar-refractivity contribution is 0.113. The molecule has 0 aromatic heterocycles. The Balaban J connectivity index is 1.62. The minimum atomic E-state index is 0.222. The molecule has 5 rings (SSSR count). The van der Waals surface area contributed by atoms with Gasteiger partial charge in [-0.1, -0.05) is 121 Å². The van der Waals surface area contributed by atoms with E-state index in [9.17, 15) is 0 Å². The predicted molar refractivity (Wildman–Crippen MR) is 133 cm³/mol. The Hall–Kier alpha value is -3.20. The maximum Gasteiger partial charge on any atom is 0.0605 e. The van der Waals surface area contributed by atoms with Gasteiger partial charge in [0.05, 0.1) is 6.04 Å². The van der Waals surface area contributed by atoms with Gasteiger partial charge in [0, 0.05) is 31.6 Å². The number of hydrogen-bond acceptors (Lipinski definition) is 2. The predicted octanol–water partition coefficient (Wildman–Crippen LogP) is 5.88. The van der Waals surface area contributed by atoms with E-state index >= 15 is 0 Å². The minimum Gasteiger partial charge on any atom is -0.314 e. The quantitative estimate of drug-likeness (QED) is 0.420. The first-order valence-electron chi connectivity index (χ1n) is 11.6. The zero-order valence-electron chi connectivity index (χ0n) is 18.3. The van der Waals surface area contributed by atoms with Crippen LogP contribution >= 0.6 is 0 Å². The van der Waals surface area contributed by atoms with E-state index in [0.717, 1.165) is 19.6 Å². The van der Waals surface area contributed by atoms with Crippen molar-refractivity contribution < 1.29 is 0 Å². The van der Waals surface area contributed by atoms with Crippen LogP contribution in [-0.2, 0) is 0 Å². The van der Waals surface area contributed by atoms with Gasteiger partial charge in [-0.2, -0.15) is 0 Å². The summed E-state index contributed by atoms with van der Waals surface area (Å²) in [6.45, 7) is 2.98. The van der Waals surface area contributed by atoms with Crippen LogP contribution in [0.3, 0.4) is 0 Å². The Labute approximate surface area is 191 Å². The molecule has 0 amide bonds. The molecule has 160 valence electrons. The fourth-order valence-corrected chi connectivity index (χ4v) is 5.17. The van der Waals surface area contributed by atoms with Gasteiger partial charge in [0.25, 0.3) is 0 Å². The third kappa shape index (κ3) is 4.38. The van der Waals surface area contributed by atoms with E-state index in [1.54, 1.807) is 0 Å². The molecule has 1 saturated heterocycles. The molecule has 1 fully saturated rings. The highest BCUT2D eigenvalue weighted by Crippen LogP contribution is 2.38. The molecular weight excluding hydrogens is 388 g/mol. The standard InChI is InChI=1S/C30H30N2/c1-5-13-24(14-6-1)29(25-15-7-2-8-16-25)28-23-31-21-22-32(28)30(26-17-9-3-10-18-26)27-19-11-4-12-20-27/h1-20,28-31H,21-23H2. The molecule has 1 unspecified atom stereocenters. The van der Waals surface area contributed by atoms with Crippen molar-refractivity contribution in [3.05, 3.63) is 144 Å². The lowest BCUT2D eigenvalue weighted by Crippen LogP contribution is -2.55. The number of benzene rings is 4. The third-order valence-corrected chi connectivity index (χ3v) is 6.59. The molecule has 2 nitrogen and oxygen atoms in total. The van der Waals surface area contributed by atoms with Crippen molar-refractivity contribution in [2.75, 3.05) is 19.6 Å². The maximum atomic E-state index is 3.70. The molecule has 1 N–H and O–H groups in total. The van der Waals surface area contributed by atoms with Gasteiger partial charge in [-0.05, 0) is 22.3 Å². The van der Waals surface area contributed by atoms with Crippen molar-refractivity contribution in [2.45, 2.75) is 18.0 Å². The monoisotopic (exact) mass is 418 g/mol. The molecule has 4 aromatic rings. The first-order valence-corrected chi connectivity index (χ1v) is 11.6. The summed E-state index contributed by atoms with van der Waals surface area (Å²) in [6.07, 6.45) is 0. The number of piperazine rings is 1. The van der Waals surface area contributed by atoms with Crippen molar-refractivity contribution in [2.24, 2.45) is 0 Å². The topological polar surface area (TPSA) is 15.3 Å². The van der Waals surface area contributed by atoms with Crippen molar-refractivity contribution in [1.29, 1.82) is 0 Å². The third-order valence-electron chi connectivity index (χ3n) is 6.59. The molecule has 1 aliphatic heterocycles. The summed E-state index contributed by atoms with van der Waals surface area (Å²) in [6, 6.07) is 44.5. The van der Waals surface area contributed by atoms with Gasteiger partial charge in [-0.15, -0.1) is 0 Å². The van der Waals surface area contributed by atoms with Crippen LogP contribution < -0.4 is 5.32 Å². The van der Waals surface area contributed by atoms with Crippen LogP contribution in [-0.4, -0.2) is 30.6 Å². The largest absolute Gasteiger partial charge is 0.314 e. The Kier molecular flexibility index (Phi) is 6.43. The summed E-state index contributed by atoms with van der Waals surface area (Å²) in [5.41, 5.74) is 5.45. The highest BCUT2D eigenvalue weighted by molar-refractivity contribution is 5.37. The van der Waals surface area contributed by atoms with E-state index < -0.39 is 0 Å². The van der Waals surface area contributed by atoms with E-state index in [-0.39, 0.29) is 6.04 Å².